The second-order valence-electron chi connectivity index (χ2n) is 5.66. The Morgan fingerprint density at radius 3 is 2.27 bits per heavy atom. The Hall–Kier alpha value is -2.23. The van der Waals surface area contributed by atoms with Gasteiger partial charge in [0.05, 0.1) is 5.41 Å². The molecule has 22 heavy (non-hydrogen) atoms. The van der Waals surface area contributed by atoms with E-state index in [1.807, 2.05) is 0 Å². The van der Waals surface area contributed by atoms with Gasteiger partial charge in [0, 0.05) is 12.1 Å². The lowest BCUT2D eigenvalue weighted by Crippen LogP contribution is -2.36. The number of carbonyl (C=O) groups excluding carboxylic acids is 1. The maximum atomic E-state index is 13.9. The third-order valence-corrected chi connectivity index (χ3v) is 4.21. The molecule has 0 atom stereocenters. The summed E-state index contributed by atoms with van der Waals surface area (Å²) in [6, 6.07) is 12.9. The molecule has 0 heterocycles. The highest BCUT2D eigenvalue weighted by Gasteiger charge is 2.52. The van der Waals surface area contributed by atoms with Gasteiger partial charge in [0.1, 0.15) is 11.6 Å². The van der Waals surface area contributed by atoms with Crippen LogP contribution in [-0.2, 0) is 16.6 Å². The number of amides is 1. The van der Waals surface area contributed by atoms with Crippen molar-refractivity contribution in [3.63, 3.8) is 0 Å². The molecule has 4 heteroatoms. The van der Waals surface area contributed by atoms with E-state index in [-0.39, 0.29) is 17.5 Å². The molecule has 1 saturated carbocycles. The second-order valence-corrected chi connectivity index (χ2v) is 5.66. The van der Waals surface area contributed by atoms with Gasteiger partial charge in [0.2, 0.25) is 5.91 Å². The van der Waals surface area contributed by atoms with Gasteiger partial charge >= 0.3 is 0 Å². The minimum Gasteiger partial charge on any atom is -0.355 e. The van der Waals surface area contributed by atoms with Crippen LogP contribution in [0.4, 0.5) is 8.78 Å². The van der Waals surface area contributed by atoms with E-state index in [0.717, 1.165) is 0 Å². The van der Waals surface area contributed by atoms with Crippen LogP contribution in [0.2, 0.25) is 0 Å². The van der Waals surface area contributed by atoms with Gasteiger partial charge in [-0.2, -0.15) is 0 Å². The van der Waals surface area contributed by atoms with E-state index < -0.39 is 5.41 Å². The molecule has 0 spiro atoms. The smallest absolute Gasteiger partial charge is 0.230 e. The summed E-state index contributed by atoms with van der Waals surface area (Å²) in [7, 11) is 0. The van der Waals surface area contributed by atoms with Crippen molar-refractivity contribution in [3.05, 3.63) is 71.3 Å². The van der Waals surface area contributed by atoms with E-state index in [4.69, 9.17) is 0 Å². The summed E-state index contributed by atoms with van der Waals surface area (Å²) >= 11 is 0. The maximum absolute atomic E-state index is 13.9. The van der Waals surface area contributed by atoms with E-state index in [1.54, 1.807) is 36.4 Å². The number of halogens is 2. The Morgan fingerprint density at radius 2 is 1.64 bits per heavy atom. The van der Waals surface area contributed by atoms with Gasteiger partial charge in [-0.25, -0.2) is 8.78 Å². The van der Waals surface area contributed by atoms with Gasteiger partial charge in [0.25, 0.3) is 0 Å². The zero-order valence-corrected chi connectivity index (χ0v) is 12.1. The largest absolute Gasteiger partial charge is 0.355 e. The van der Waals surface area contributed by atoms with E-state index in [9.17, 15) is 13.6 Å². The van der Waals surface area contributed by atoms with Crippen molar-refractivity contribution in [1.82, 2.24) is 5.32 Å². The van der Waals surface area contributed by atoms with Crippen LogP contribution >= 0.6 is 0 Å². The Kier molecular flexibility index (Phi) is 3.92. The molecule has 0 unspecified atom stereocenters. The summed E-state index contributed by atoms with van der Waals surface area (Å²) in [5.74, 6) is -0.787. The number of carbonyl (C=O) groups is 1. The quantitative estimate of drug-likeness (QED) is 0.901. The molecule has 1 amide bonds. The average Bonchev–Trinajstić information content (AvgIpc) is 3.31. The first-order valence-electron chi connectivity index (χ1n) is 7.40. The van der Waals surface area contributed by atoms with Crippen molar-refractivity contribution in [2.45, 2.75) is 24.7 Å². The summed E-state index contributed by atoms with van der Waals surface area (Å²) in [6.45, 7) is 0.343. The Labute approximate surface area is 128 Å². The van der Waals surface area contributed by atoms with Gasteiger partial charge in [-0.15, -0.1) is 0 Å². The zero-order chi connectivity index (χ0) is 15.6. The highest BCUT2D eigenvalue weighted by molar-refractivity contribution is 5.91. The van der Waals surface area contributed by atoms with Crippen LogP contribution in [0.1, 0.15) is 24.0 Å². The first kappa shape index (κ1) is 14.7. The van der Waals surface area contributed by atoms with E-state index in [0.29, 0.717) is 36.9 Å². The summed E-state index contributed by atoms with van der Waals surface area (Å²) < 4.78 is 27.4. The molecule has 0 bridgehead atoms. The van der Waals surface area contributed by atoms with Gasteiger partial charge in [-0.1, -0.05) is 36.4 Å². The fourth-order valence-corrected chi connectivity index (χ4v) is 2.77. The normalized spacial score (nSPS) is 15.4. The monoisotopic (exact) mass is 301 g/mol. The predicted molar refractivity (Wildman–Crippen MR) is 80.4 cm³/mol. The zero-order valence-electron chi connectivity index (χ0n) is 12.1. The standard InChI is InChI=1S/C18H17F2NO/c19-15-7-3-1-5-13(15)9-12-21-17(22)18(10-11-18)14-6-2-4-8-16(14)20/h1-8H,9-12H2,(H,21,22). The molecular formula is C18H17F2NO. The van der Waals surface area contributed by atoms with Crippen molar-refractivity contribution in [2.24, 2.45) is 0 Å². The molecular weight excluding hydrogens is 284 g/mol. The van der Waals surface area contributed by atoms with Crippen LogP contribution < -0.4 is 5.32 Å². The molecule has 0 radical (unpaired) electrons. The molecule has 3 rings (SSSR count). The molecule has 1 fully saturated rings. The molecule has 2 aromatic rings. The topological polar surface area (TPSA) is 29.1 Å². The maximum Gasteiger partial charge on any atom is 0.230 e. The lowest BCUT2D eigenvalue weighted by molar-refractivity contribution is -0.123. The van der Waals surface area contributed by atoms with Crippen molar-refractivity contribution in [3.8, 4) is 0 Å². The summed E-state index contributed by atoms with van der Waals surface area (Å²) in [6.07, 6.45) is 1.73. The van der Waals surface area contributed by atoms with Gasteiger partial charge in [0.15, 0.2) is 0 Å². The molecule has 1 aliphatic rings. The van der Waals surface area contributed by atoms with Crippen molar-refractivity contribution in [2.75, 3.05) is 6.54 Å². The molecule has 114 valence electrons. The lowest BCUT2D eigenvalue weighted by atomic mass is 9.94. The number of hydrogen-bond acceptors (Lipinski definition) is 1. The minimum absolute atomic E-state index is 0.172. The van der Waals surface area contributed by atoms with Crippen LogP contribution in [0.3, 0.4) is 0 Å². The predicted octanol–water partition coefficient (Wildman–Crippen LogP) is 3.36. The first-order chi connectivity index (χ1) is 10.6. The third kappa shape index (κ3) is 2.73. The van der Waals surface area contributed by atoms with Gasteiger partial charge in [-0.3, -0.25) is 4.79 Å². The SMILES string of the molecule is O=C(NCCc1ccccc1F)C1(c2ccccc2F)CC1. The summed E-state index contributed by atoms with van der Waals surface area (Å²) in [4.78, 5) is 12.4. The molecule has 2 nitrogen and oxygen atoms in total. The molecule has 0 aromatic heterocycles. The minimum atomic E-state index is -0.736. The van der Waals surface area contributed by atoms with Crippen LogP contribution in [-0.4, -0.2) is 12.5 Å². The number of nitrogens with one attached hydrogen (secondary N) is 1. The average molecular weight is 301 g/mol. The molecule has 1 aliphatic carbocycles. The second kappa shape index (κ2) is 5.87. The number of hydrogen-bond donors (Lipinski definition) is 1. The van der Waals surface area contributed by atoms with Crippen molar-refractivity contribution < 1.29 is 13.6 Å². The summed E-state index contributed by atoms with van der Waals surface area (Å²) in [5.41, 5.74) is 0.289. The molecule has 2 aromatic carbocycles. The number of benzene rings is 2. The summed E-state index contributed by atoms with van der Waals surface area (Å²) in [5, 5.41) is 2.81. The fourth-order valence-electron chi connectivity index (χ4n) is 2.77. The number of rotatable bonds is 5. The van der Waals surface area contributed by atoms with E-state index >= 15 is 0 Å². The highest BCUT2D eigenvalue weighted by Crippen LogP contribution is 2.49. The van der Waals surface area contributed by atoms with Crippen molar-refractivity contribution >= 4 is 5.91 Å². The Morgan fingerprint density at radius 1 is 1.00 bits per heavy atom. The van der Waals surface area contributed by atoms with Crippen LogP contribution in [0, 0.1) is 11.6 Å². The van der Waals surface area contributed by atoms with Gasteiger partial charge < -0.3 is 5.32 Å². The fraction of sp³-hybridized carbons (Fsp3) is 0.278. The van der Waals surface area contributed by atoms with Crippen LogP contribution in [0.25, 0.3) is 0 Å². The molecule has 0 aliphatic heterocycles. The highest BCUT2D eigenvalue weighted by atomic mass is 19.1. The van der Waals surface area contributed by atoms with E-state index in [1.165, 1.54) is 12.1 Å². The van der Waals surface area contributed by atoms with Crippen LogP contribution in [0.5, 0.6) is 0 Å². The van der Waals surface area contributed by atoms with Gasteiger partial charge in [-0.05, 0) is 37.0 Å². The molecule has 1 N–H and O–H groups in total. The Bertz CT molecular complexity index is 695. The molecule has 0 saturated heterocycles. The first-order valence-corrected chi connectivity index (χ1v) is 7.40. The Balaban J connectivity index is 1.63. The van der Waals surface area contributed by atoms with E-state index in [2.05, 4.69) is 5.32 Å². The van der Waals surface area contributed by atoms with Crippen molar-refractivity contribution in [1.29, 1.82) is 0 Å². The lowest BCUT2D eigenvalue weighted by Gasteiger charge is -2.16. The third-order valence-electron chi connectivity index (χ3n) is 4.21. The van der Waals surface area contributed by atoms with Crippen LogP contribution in [0.15, 0.2) is 48.5 Å².